The number of phenols is 1. The Hall–Kier alpha value is -4.38. The van der Waals surface area contributed by atoms with Crippen LogP contribution in [0.4, 0.5) is 27.5 Å². The first-order valence-corrected chi connectivity index (χ1v) is 14.1. The van der Waals surface area contributed by atoms with Gasteiger partial charge < -0.3 is 10.4 Å². The molecule has 0 saturated carbocycles. The predicted molar refractivity (Wildman–Crippen MR) is 150 cm³/mol. The molecule has 10 nitrogen and oxygen atoms in total. The number of amides is 4. The van der Waals surface area contributed by atoms with Gasteiger partial charge >= 0.3 is 6.03 Å². The fourth-order valence-corrected chi connectivity index (χ4v) is 5.31. The van der Waals surface area contributed by atoms with Gasteiger partial charge in [-0.2, -0.15) is 0 Å². The van der Waals surface area contributed by atoms with E-state index in [1.807, 2.05) is 20.8 Å². The van der Waals surface area contributed by atoms with E-state index in [0.717, 1.165) is 6.26 Å². The number of aromatic hydroxyl groups is 1. The Labute approximate surface area is 227 Å². The molecule has 1 saturated heterocycles. The highest BCUT2D eigenvalue weighted by Crippen LogP contribution is 2.38. The number of hydrogen-bond acceptors (Lipinski definition) is 6. The van der Waals surface area contributed by atoms with Crippen LogP contribution in [0.3, 0.4) is 0 Å². The molecule has 4 rings (SSSR count). The van der Waals surface area contributed by atoms with Crippen molar-refractivity contribution in [3.8, 4) is 5.75 Å². The molecule has 1 fully saturated rings. The van der Waals surface area contributed by atoms with E-state index in [2.05, 4.69) is 10.6 Å². The molecule has 1 heterocycles. The van der Waals surface area contributed by atoms with Gasteiger partial charge in [0, 0.05) is 29.9 Å². The first-order chi connectivity index (χ1) is 18.3. The van der Waals surface area contributed by atoms with E-state index in [-0.39, 0.29) is 30.2 Å². The number of anilines is 4. The van der Waals surface area contributed by atoms with Crippen molar-refractivity contribution in [2.24, 2.45) is 0 Å². The van der Waals surface area contributed by atoms with Crippen molar-refractivity contribution < 1.29 is 27.9 Å². The Balaban J connectivity index is 1.66. The molecular weight excluding hydrogens is 520 g/mol. The van der Waals surface area contributed by atoms with Crippen LogP contribution in [0, 0.1) is 0 Å². The van der Waals surface area contributed by atoms with E-state index in [4.69, 9.17) is 0 Å². The fourth-order valence-electron chi connectivity index (χ4n) is 4.30. The molecule has 0 spiro atoms. The van der Waals surface area contributed by atoms with Crippen LogP contribution in [0.2, 0.25) is 0 Å². The normalized spacial score (nSPS) is 14.1. The third-order valence-electron chi connectivity index (χ3n) is 6.19. The molecule has 0 aliphatic carbocycles. The molecule has 0 atom stereocenters. The lowest BCUT2D eigenvalue weighted by Crippen LogP contribution is -2.49. The maximum Gasteiger partial charge on any atom is 0.328 e. The summed E-state index contributed by atoms with van der Waals surface area (Å²) in [5.41, 5.74) is 1.43. The highest BCUT2D eigenvalue weighted by atomic mass is 32.2. The van der Waals surface area contributed by atoms with Crippen LogP contribution in [0.25, 0.3) is 0 Å². The zero-order valence-corrected chi connectivity index (χ0v) is 22.9. The van der Waals surface area contributed by atoms with E-state index in [0.29, 0.717) is 28.3 Å². The predicted octanol–water partition coefficient (Wildman–Crippen LogP) is 4.49. The highest BCUT2D eigenvalue weighted by Gasteiger charge is 2.30. The number of nitrogens with one attached hydrogen (secondary N) is 2. The van der Waals surface area contributed by atoms with Crippen LogP contribution in [-0.4, -0.2) is 44.2 Å². The zero-order valence-electron chi connectivity index (χ0n) is 22.1. The smallest absolute Gasteiger partial charge is 0.328 e. The molecule has 1 aliphatic heterocycles. The van der Waals surface area contributed by atoms with Gasteiger partial charge in [-0.3, -0.25) is 19.8 Å². The summed E-state index contributed by atoms with van der Waals surface area (Å²) in [6, 6.07) is 17.3. The molecule has 3 N–H and O–H groups in total. The summed E-state index contributed by atoms with van der Waals surface area (Å²) >= 11 is 0. The van der Waals surface area contributed by atoms with Gasteiger partial charge in [0.15, 0.2) is 0 Å². The number of rotatable bonds is 6. The minimum absolute atomic E-state index is 0.0479. The van der Waals surface area contributed by atoms with Crippen LogP contribution in [0.5, 0.6) is 5.75 Å². The lowest BCUT2D eigenvalue weighted by atomic mass is 9.84. The van der Waals surface area contributed by atoms with Crippen LogP contribution in [-0.2, 0) is 20.2 Å². The van der Waals surface area contributed by atoms with Crippen molar-refractivity contribution in [3.63, 3.8) is 0 Å². The van der Waals surface area contributed by atoms with Gasteiger partial charge in [-0.15, -0.1) is 0 Å². The van der Waals surface area contributed by atoms with Crippen LogP contribution < -0.4 is 19.8 Å². The van der Waals surface area contributed by atoms with Crippen LogP contribution in [0.1, 0.15) is 43.1 Å². The molecule has 204 valence electrons. The molecular formula is C28H30N4O6S. The Morgan fingerprint density at radius 2 is 1.62 bits per heavy atom. The Kier molecular flexibility index (Phi) is 7.38. The second kappa shape index (κ2) is 10.4. The summed E-state index contributed by atoms with van der Waals surface area (Å²) in [6.45, 7) is 5.74. The SMILES string of the molecule is CC(C)(C)c1cc(N2CCC(=O)NC2=O)cc(C(=O)Nc2ccc(N(c3ccccc3)S(C)(=O)=O)cc2)c1O. The molecule has 0 radical (unpaired) electrons. The number of nitrogens with zero attached hydrogens (tertiary/aromatic N) is 2. The van der Waals surface area contributed by atoms with Gasteiger partial charge in [0.25, 0.3) is 5.91 Å². The molecule has 39 heavy (non-hydrogen) atoms. The second-order valence-electron chi connectivity index (χ2n) is 10.3. The van der Waals surface area contributed by atoms with Crippen molar-refractivity contribution >= 4 is 50.6 Å². The van der Waals surface area contributed by atoms with E-state index >= 15 is 0 Å². The van der Waals surface area contributed by atoms with E-state index < -0.39 is 27.4 Å². The third kappa shape index (κ3) is 6.04. The highest BCUT2D eigenvalue weighted by molar-refractivity contribution is 7.92. The number of carbonyl (C=O) groups excluding carboxylic acids is 3. The van der Waals surface area contributed by atoms with Gasteiger partial charge in [-0.25, -0.2) is 17.5 Å². The maximum atomic E-state index is 13.3. The topological polar surface area (TPSA) is 136 Å². The zero-order chi connectivity index (χ0) is 28.5. The summed E-state index contributed by atoms with van der Waals surface area (Å²) < 4.78 is 26.2. The maximum absolute atomic E-state index is 13.3. The largest absolute Gasteiger partial charge is 0.507 e. The molecule has 3 aromatic carbocycles. The number of carbonyl (C=O) groups is 3. The summed E-state index contributed by atoms with van der Waals surface area (Å²) in [7, 11) is -3.64. The molecule has 0 bridgehead atoms. The Bertz CT molecular complexity index is 1530. The number of imide groups is 1. The number of phenolic OH excluding ortho intramolecular Hbond substituents is 1. The summed E-state index contributed by atoms with van der Waals surface area (Å²) in [4.78, 5) is 38.8. The average Bonchev–Trinajstić information content (AvgIpc) is 2.85. The van der Waals surface area contributed by atoms with E-state index in [1.54, 1.807) is 60.7 Å². The van der Waals surface area contributed by atoms with Crippen molar-refractivity contribution in [2.75, 3.05) is 27.3 Å². The van der Waals surface area contributed by atoms with Gasteiger partial charge in [-0.1, -0.05) is 39.0 Å². The monoisotopic (exact) mass is 550 g/mol. The summed E-state index contributed by atoms with van der Waals surface area (Å²) in [5.74, 6) is -1.22. The summed E-state index contributed by atoms with van der Waals surface area (Å²) in [5, 5.41) is 16.0. The third-order valence-corrected chi connectivity index (χ3v) is 7.28. The number of para-hydroxylation sites is 1. The fraction of sp³-hybridized carbons (Fsp3) is 0.250. The lowest BCUT2D eigenvalue weighted by Gasteiger charge is -2.29. The quantitative estimate of drug-likeness (QED) is 0.414. The minimum atomic E-state index is -3.64. The van der Waals surface area contributed by atoms with Gasteiger partial charge in [-0.05, 0) is 53.9 Å². The Morgan fingerprint density at radius 3 is 2.18 bits per heavy atom. The Morgan fingerprint density at radius 1 is 1.00 bits per heavy atom. The van der Waals surface area contributed by atoms with Crippen molar-refractivity contribution in [1.82, 2.24) is 5.32 Å². The van der Waals surface area contributed by atoms with Gasteiger partial charge in [0.05, 0.1) is 23.2 Å². The minimum Gasteiger partial charge on any atom is -0.507 e. The van der Waals surface area contributed by atoms with E-state index in [1.165, 1.54) is 15.3 Å². The molecule has 1 aliphatic rings. The second-order valence-corrected chi connectivity index (χ2v) is 12.1. The molecule has 0 unspecified atom stereocenters. The average molecular weight is 551 g/mol. The summed E-state index contributed by atoms with van der Waals surface area (Å²) in [6.07, 6.45) is 1.22. The lowest BCUT2D eigenvalue weighted by molar-refractivity contribution is -0.120. The van der Waals surface area contributed by atoms with E-state index in [9.17, 15) is 27.9 Å². The number of hydrogen-bond donors (Lipinski definition) is 3. The van der Waals surface area contributed by atoms with Crippen molar-refractivity contribution in [3.05, 3.63) is 77.9 Å². The first-order valence-electron chi connectivity index (χ1n) is 12.2. The molecule has 3 aromatic rings. The number of urea groups is 1. The van der Waals surface area contributed by atoms with Crippen molar-refractivity contribution in [2.45, 2.75) is 32.6 Å². The van der Waals surface area contributed by atoms with Crippen LogP contribution >= 0.6 is 0 Å². The number of benzene rings is 3. The van der Waals surface area contributed by atoms with Crippen molar-refractivity contribution in [1.29, 1.82) is 0 Å². The number of sulfonamides is 1. The first kappa shape index (κ1) is 27.6. The standard InChI is InChI=1S/C28H30N4O6S/c1-28(2,3)23-17-21(31-15-14-24(33)30-27(31)36)16-22(25(23)34)26(35)29-18-10-12-20(13-11-18)32(39(4,37)38)19-8-6-5-7-9-19/h5-13,16-17,34H,14-15H2,1-4H3,(H,29,35)(H,30,33,36). The molecule has 11 heteroatoms. The van der Waals surface area contributed by atoms with Crippen LogP contribution in [0.15, 0.2) is 66.7 Å². The van der Waals surface area contributed by atoms with Gasteiger partial charge in [0.2, 0.25) is 15.9 Å². The van der Waals surface area contributed by atoms with Gasteiger partial charge in [0.1, 0.15) is 5.75 Å². The molecule has 4 amide bonds. The molecule has 0 aromatic heterocycles.